The molecule has 19 heavy (non-hydrogen) atoms. The molecule has 0 spiro atoms. The molecule has 3 rings (SSSR count). The Balaban J connectivity index is 2.24. The lowest BCUT2D eigenvalue weighted by Crippen LogP contribution is -2.01. The van der Waals surface area contributed by atoms with Crippen LogP contribution in [0, 0.1) is 0 Å². The van der Waals surface area contributed by atoms with Crippen molar-refractivity contribution in [1.82, 2.24) is 9.97 Å². The number of para-hydroxylation sites is 1. The highest BCUT2D eigenvalue weighted by atomic mass is 79.9. The minimum atomic E-state index is 0.451. The first-order valence-corrected chi connectivity index (χ1v) is 6.78. The zero-order valence-electron chi connectivity index (χ0n) is 10.4. The standard InChI is InChI=1S/C14H12BrN3O/c1-2-10-12(15)13(16)18-14(17-10)9-7-19-11-6-4-3-5-8(9)11/h3-7H,2H2,1H3,(H2,16,17,18). The fourth-order valence-electron chi connectivity index (χ4n) is 2.02. The number of anilines is 1. The quantitative estimate of drug-likeness (QED) is 0.780. The van der Waals surface area contributed by atoms with Crippen molar-refractivity contribution in [2.75, 3.05) is 5.73 Å². The lowest BCUT2D eigenvalue weighted by atomic mass is 10.1. The number of hydrogen-bond donors (Lipinski definition) is 1. The van der Waals surface area contributed by atoms with E-state index >= 15 is 0 Å². The number of rotatable bonds is 2. The zero-order chi connectivity index (χ0) is 13.4. The summed E-state index contributed by atoms with van der Waals surface area (Å²) in [6, 6.07) is 7.80. The van der Waals surface area contributed by atoms with E-state index in [1.165, 1.54) is 0 Å². The highest BCUT2D eigenvalue weighted by Gasteiger charge is 2.14. The van der Waals surface area contributed by atoms with Crippen LogP contribution in [-0.4, -0.2) is 9.97 Å². The van der Waals surface area contributed by atoms with Crippen molar-refractivity contribution in [2.24, 2.45) is 0 Å². The van der Waals surface area contributed by atoms with Gasteiger partial charge in [0.25, 0.3) is 0 Å². The molecule has 2 N–H and O–H groups in total. The number of aromatic nitrogens is 2. The van der Waals surface area contributed by atoms with Crippen molar-refractivity contribution in [2.45, 2.75) is 13.3 Å². The van der Waals surface area contributed by atoms with Crippen molar-refractivity contribution >= 4 is 32.7 Å². The highest BCUT2D eigenvalue weighted by molar-refractivity contribution is 9.10. The third kappa shape index (κ3) is 2.00. The van der Waals surface area contributed by atoms with Crippen LogP contribution >= 0.6 is 15.9 Å². The van der Waals surface area contributed by atoms with Crippen LogP contribution in [0.4, 0.5) is 5.82 Å². The lowest BCUT2D eigenvalue weighted by molar-refractivity contribution is 0.616. The summed E-state index contributed by atoms with van der Waals surface area (Å²) in [5.41, 5.74) is 8.50. The molecule has 0 aliphatic heterocycles. The van der Waals surface area contributed by atoms with Gasteiger partial charge in [-0.2, -0.15) is 0 Å². The molecule has 96 valence electrons. The summed E-state index contributed by atoms with van der Waals surface area (Å²) >= 11 is 3.41. The predicted octanol–water partition coefficient (Wildman–Crippen LogP) is 3.80. The number of fused-ring (bicyclic) bond motifs is 1. The molecular formula is C14H12BrN3O. The van der Waals surface area contributed by atoms with Crippen molar-refractivity contribution in [3.05, 3.63) is 40.7 Å². The molecule has 3 aromatic rings. The first kappa shape index (κ1) is 12.2. The maximum absolute atomic E-state index is 5.92. The Morgan fingerprint density at radius 3 is 2.84 bits per heavy atom. The molecule has 1 aromatic carbocycles. The molecule has 0 unspecified atom stereocenters. The highest BCUT2D eigenvalue weighted by Crippen LogP contribution is 2.31. The van der Waals surface area contributed by atoms with Crippen LogP contribution in [0.5, 0.6) is 0 Å². The second-order valence-corrected chi connectivity index (χ2v) is 4.99. The number of nitrogen functional groups attached to an aromatic ring is 1. The van der Waals surface area contributed by atoms with Crippen LogP contribution in [0.1, 0.15) is 12.6 Å². The smallest absolute Gasteiger partial charge is 0.165 e. The van der Waals surface area contributed by atoms with Crippen molar-refractivity contribution in [3.63, 3.8) is 0 Å². The Morgan fingerprint density at radius 2 is 2.05 bits per heavy atom. The van der Waals surface area contributed by atoms with Gasteiger partial charge in [-0.15, -0.1) is 0 Å². The largest absolute Gasteiger partial charge is 0.464 e. The summed E-state index contributed by atoms with van der Waals surface area (Å²) in [5.74, 6) is 1.05. The van der Waals surface area contributed by atoms with Gasteiger partial charge in [0, 0.05) is 5.39 Å². The number of hydrogen-bond acceptors (Lipinski definition) is 4. The third-order valence-electron chi connectivity index (χ3n) is 3.00. The minimum Gasteiger partial charge on any atom is -0.464 e. The molecule has 0 amide bonds. The van der Waals surface area contributed by atoms with Crippen LogP contribution in [-0.2, 0) is 6.42 Å². The minimum absolute atomic E-state index is 0.451. The number of furan rings is 1. The predicted molar refractivity (Wildman–Crippen MR) is 78.7 cm³/mol. The molecule has 0 radical (unpaired) electrons. The average molecular weight is 318 g/mol. The number of nitrogens with zero attached hydrogens (tertiary/aromatic N) is 2. The molecule has 0 fully saturated rings. The van der Waals surface area contributed by atoms with E-state index in [-0.39, 0.29) is 0 Å². The number of nitrogens with two attached hydrogens (primary N) is 1. The fourth-order valence-corrected chi connectivity index (χ4v) is 2.48. The maximum Gasteiger partial charge on any atom is 0.165 e. The first-order valence-electron chi connectivity index (χ1n) is 5.99. The van der Waals surface area contributed by atoms with E-state index in [1.54, 1.807) is 6.26 Å². The number of halogens is 1. The van der Waals surface area contributed by atoms with Gasteiger partial charge in [-0.1, -0.05) is 25.1 Å². The Kier molecular flexibility index (Phi) is 2.98. The second kappa shape index (κ2) is 4.66. The molecule has 2 aromatic heterocycles. The van der Waals surface area contributed by atoms with E-state index in [1.807, 2.05) is 31.2 Å². The molecule has 0 saturated heterocycles. The summed E-state index contributed by atoms with van der Waals surface area (Å²) in [4.78, 5) is 8.88. The van der Waals surface area contributed by atoms with Gasteiger partial charge >= 0.3 is 0 Å². The van der Waals surface area contributed by atoms with Crippen LogP contribution in [0.15, 0.2) is 39.4 Å². The monoisotopic (exact) mass is 317 g/mol. The van der Waals surface area contributed by atoms with Crippen LogP contribution in [0.2, 0.25) is 0 Å². The zero-order valence-corrected chi connectivity index (χ0v) is 11.9. The Morgan fingerprint density at radius 1 is 1.26 bits per heavy atom. The summed E-state index contributed by atoms with van der Waals surface area (Å²) in [5, 5.41) is 0.992. The topological polar surface area (TPSA) is 64.9 Å². The molecule has 5 heteroatoms. The summed E-state index contributed by atoms with van der Waals surface area (Å²) < 4.78 is 6.28. The third-order valence-corrected chi connectivity index (χ3v) is 3.87. The molecular weight excluding hydrogens is 306 g/mol. The number of aryl methyl sites for hydroxylation is 1. The first-order chi connectivity index (χ1) is 9.20. The SMILES string of the molecule is CCc1nc(-c2coc3ccccc23)nc(N)c1Br. The molecule has 0 atom stereocenters. The summed E-state index contributed by atoms with van der Waals surface area (Å²) in [6.45, 7) is 2.03. The van der Waals surface area contributed by atoms with Crippen LogP contribution < -0.4 is 5.73 Å². The van der Waals surface area contributed by atoms with Gasteiger partial charge in [-0.3, -0.25) is 0 Å². The summed E-state index contributed by atoms with van der Waals surface area (Å²) in [7, 11) is 0. The van der Waals surface area contributed by atoms with Gasteiger partial charge in [-0.25, -0.2) is 9.97 Å². The maximum atomic E-state index is 5.92. The van der Waals surface area contributed by atoms with E-state index in [2.05, 4.69) is 25.9 Å². The molecule has 0 aliphatic rings. The van der Waals surface area contributed by atoms with Gasteiger partial charge in [-0.05, 0) is 28.4 Å². The molecule has 2 heterocycles. The van der Waals surface area contributed by atoms with Gasteiger partial charge in [0.05, 0.1) is 15.7 Å². The second-order valence-electron chi connectivity index (χ2n) is 4.19. The van der Waals surface area contributed by atoms with Crippen LogP contribution in [0.25, 0.3) is 22.4 Å². The van der Waals surface area contributed by atoms with Crippen LogP contribution in [0.3, 0.4) is 0 Å². The normalized spacial score (nSPS) is 11.1. The van der Waals surface area contributed by atoms with Gasteiger partial charge < -0.3 is 10.2 Å². The Labute approximate surface area is 118 Å². The van der Waals surface area contributed by atoms with E-state index in [0.29, 0.717) is 11.6 Å². The van der Waals surface area contributed by atoms with Gasteiger partial charge in [0.1, 0.15) is 17.7 Å². The van der Waals surface area contributed by atoms with Crippen molar-refractivity contribution in [3.8, 4) is 11.4 Å². The average Bonchev–Trinajstić information content (AvgIpc) is 2.85. The van der Waals surface area contributed by atoms with Crippen molar-refractivity contribution < 1.29 is 4.42 Å². The van der Waals surface area contributed by atoms with E-state index in [0.717, 1.165) is 33.1 Å². The molecule has 0 saturated carbocycles. The van der Waals surface area contributed by atoms with E-state index in [4.69, 9.17) is 10.2 Å². The fraction of sp³-hybridized carbons (Fsp3) is 0.143. The molecule has 0 aliphatic carbocycles. The number of benzene rings is 1. The lowest BCUT2D eigenvalue weighted by Gasteiger charge is -2.06. The Hall–Kier alpha value is -1.88. The van der Waals surface area contributed by atoms with E-state index in [9.17, 15) is 0 Å². The Bertz CT molecular complexity index is 752. The molecule has 0 bridgehead atoms. The van der Waals surface area contributed by atoms with Gasteiger partial charge in [0.2, 0.25) is 0 Å². The van der Waals surface area contributed by atoms with Crippen molar-refractivity contribution in [1.29, 1.82) is 0 Å². The van der Waals surface area contributed by atoms with Gasteiger partial charge in [0.15, 0.2) is 5.82 Å². The van der Waals surface area contributed by atoms with E-state index < -0.39 is 0 Å². The summed E-state index contributed by atoms with van der Waals surface area (Å²) in [6.07, 6.45) is 2.46. The molecule has 4 nitrogen and oxygen atoms in total.